The first-order valence-electron chi connectivity index (χ1n) is 6.60. The molecule has 2 aromatic rings. The third kappa shape index (κ3) is 4.16. The quantitative estimate of drug-likeness (QED) is 0.669. The van der Waals surface area contributed by atoms with E-state index in [1.54, 1.807) is 7.05 Å². The molecule has 0 aliphatic carbocycles. The van der Waals surface area contributed by atoms with Gasteiger partial charge in [-0.05, 0) is 11.6 Å². The Hall–Kier alpha value is -1.65. The fraction of sp³-hybridized carbons (Fsp3) is 0.267. The molecule has 0 amide bonds. The molecule has 0 saturated carbocycles. The van der Waals surface area contributed by atoms with E-state index in [4.69, 9.17) is 23.2 Å². The first-order chi connectivity index (χ1) is 10.1. The van der Waals surface area contributed by atoms with E-state index in [1.165, 1.54) is 5.56 Å². The van der Waals surface area contributed by atoms with Gasteiger partial charge in [-0.25, -0.2) is 0 Å². The third-order valence-electron chi connectivity index (χ3n) is 3.18. The first kappa shape index (κ1) is 15.7. The van der Waals surface area contributed by atoms with Crippen molar-refractivity contribution >= 4 is 29.2 Å². The molecule has 0 aliphatic rings. The van der Waals surface area contributed by atoms with Crippen LogP contribution in [0.2, 0.25) is 10.2 Å². The molecule has 21 heavy (non-hydrogen) atoms. The van der Waals surface area contributed by atoms with Gasteiger partial charge in [0.1, 0.15) is 5.15 Å². The monoisotopic (exact) mass is 324 g/mol. The highest BCUT2D eigenvalue weighted by Crippen LogP contribution is 2.24. The van der Waals surface area contributed by atoms with Crippen LogP contribution in [-0.4, -0.2) is 17.6 Å². The maximum atomic E-state index is 6.05. The average molecular weight is 325 g/mol. The van der Waals surface area contributed by atoms with Gasteiger partial charge in [-0.3, -0.25) is 4.99 Å². The minimum absolute atomic E-state index is 0.542. The van der Waals surface area contributed by atoms with Crippen molar-refractivity contribution < 1.29 is 0 Å². The zero-order valence-corrected chi connectivity index (χ0v) is 13.5. The first-order valence-corrected chi connectivity index (χ1v) is 7.35. The Morgan fingerprint density at radius 3 is 2.38 bits per heavy atom. The molecule has 0 saturated heterocycles. The number of aromatic nitrogens is 1. The van der Waals surface area contributed by atoms with Gasteiger partial charge in [0.2, 0.25) is 0 Å². The molecular weight excluding hydrogens is 307 g/mol. The molecule has 1 aromatic heterocycles. The summed E-state index contributed by atoms with van der Waals surface area (Å²) < 4.78 is 1.85. The predicted molar refractivity (Wildman–Crippen MR) is 88.9 cm³/mol. The number of rotatable bonds is 4. The summed E-state index contributed by atoms with van der Waals surface area (Å²) in [6.45, 7) is 1.31. The molecular formula is C15H18Cl2N4. The summed E-state index contributed by atoms with van der Waals surface area (Å²) >= 11 is 12.0. The Labute approximate surface area is 134 Å². The van der Waals surface area contributed by atoms with Crippen LogP contribution in [0.3, 0.4) is 0 Å². The molecule has 1 aromatic carbocycles. The van der Waals surface area contributed by atoms with E-state index in [0.29, 0.717) is 16.7 Å². The van der Waals surface area contributed by atoms with Gasteiger partial charge in [0.05, 0.1) is 11.6 Å². The van der Waals surface area contributed by atoms with Crippen molar-refractivity contribution in [2.45, 2.75) is 13.1 Å². The van der Waals surface area contributed by atoms with Crippen molar-refractivity contribution in [1.29, 1.82) is 0 Å². The standard InChI is InChI=1S/C15H18Cl2N4/c1-18-15(19-9-11-6-4-3-5-7-11)20-10-12-8-13(16)14(17)21(12)2/h3-8H,9-10H2,1-2H3,(H2,18,19,20). The topological polar surface area (TPSA) is 41.4 Å². The molecule has 2 rings (SSSR count). The van der Waals surface area contributed by atoms with Crippen molar-refractivity contribution in [3.8, 4) is 0 Å². The number of hydrogen-bond acceptors (Lipinski definition) is 1. The lowest BCUT2D eigenvalue weighted by Gasteiger charge is -2.12. The lowest BCUT2D eigenvalue weighted by atomic mass is 10.2. The van der Waals surface area contributed by atoms with Crippen molar-refractivity contribution in [3.05, 3.63) is 57.8 Å². The van der Waals surface area contributed by atoms with E-state index in [1.807, 2.05) is 35.9 Å². The largest absolute Gasteiger partial charge is 0.352 e. The zero-order chi connectivity index (χ0) is 15.2. The van der Waals surface area contributed by atoms with Gasteiger partial charge in [-0.2, -0.15) is 0 Å². The summed E-state index contributed by atoms with van der Waals surface area (Å²) in [6, 6.07) is 12.0. The maximum Gasteiger partial charge on any atom is 0.191 e. The highest BCUT2D eigenvalue weighted by molar-refractivity contribution is 6.41. The zero-order valence-electron chi connectivity index (χ0n) is 12.0. The van der Waals surface area contributed by atoms with Gasteiger partial charge in [-0.15, -0.1) is 0 Å². The Bertz CT molecular complexity index is 620. The molecule has 1 heterocycles. The highest BCUT2D eigenvalue weighted by Gasteiger charge is 2.09. The third-order valence-corrected chi connectivity index (χ3v) is 4.02. The fourth-order valence-corrected chi connectivity index (χ4v) is 2.35. The number of nitrogens with zero attached hydrogens (tertiary/aromatic N) is 2. The van der Waals surface area contributed by atoms with E-state index in [0.717, 1.165) is 18.2 Å². The summed E-state index contributed by atoms with van der Waals surface area (Å²) in [5.41, 5.74) is 2.19. The number of guanidine groups is 1. The van der Waals surface area contributed by atoms with Crippen LogP contribution in [0.15, 0.2) is 41.4 Å². The average Bonchev–Trinajstić information content (AvgIpc) is 2.76. The van der Waals surface area contributed by atoms with Gasteiger partial charge in [-0.1, -0.05) is 53.5 Å². The highest BCUT2D eigenvalue weighted by atomic mass is 35.5. The van der Waals surface area contributed by atoms with Crippen LogP contribution in [-0.2, 0) is 20.1 Å². The summed E-state index contributed by atoms with van der Waals surface area (Å²) in [5.74, 6) is 0.729. The van der Waals surface area contributed by atoms with Crippen molar-refractivity contribution in [2.75, 3.05) is 7.05 Å². The summed E-state index contributed by atoms with van der Waals surface area (Å²) in [6.07, 6.45) is 0. The van der Waals surface area contributed by atoms with E-state index in [2.05, 4.69) is 27.8 Å². The van der Waals surface area contributed by atoms with Gasteiger partial charge < -0.3 is 15.2 Å². The SMILES string of the molecule is CN=C(NCc1ccccc1)NCc1cc(Cl)c(Cl)n1C. The number of aliphatic imine (C=N–C) groups is 1. The van der Waals surface area contributed by atoms with Gasteiger partial charge >= 0.3 is 0 Å². The normalized spacial score (nSPS) is 11.5. The predicted octanol–water partition coefficient (Wildman–Crippen LogP) is 3.20. The van der Waals surface area contributed by atoms with Crippen LogP contribution < -0.4 is 10.6 Å². The molecule has 6 heteroatoms. The number of hydrogen-bond donors (Lipinski definition) is 2. The molecule has 0 atom stereocenters. The molecule has 0 radical (unpaired) electrons. The lowest BCUT2D eigenvalue weighted by Crippen LogP contribution is -2.36. The van der Waals surface area contributed by atoms with Crippen LogP contribution in [0, 0.1) is 0 Å². The maximum absolute atomic E-state index is 6.05. The Kier molecular flexibility index (Phi) is 5.53. The summed E-state index contributed by atoms with van der Waals surface area (Å²) in [7, 11) is 3.62. The summed E-state index contributed by atoms with van der Waals surface area (Å²) in [5, 5.41) is 7.60. The smallest absolute Gasteiger partial charge is 0.191 e. The van der Waals surface area contributed by atoms with Crippen molar-refractivity contribution in [3.63, 3.8) is 0 Å². The van der Waals surface area contributed by atoms with Crippen molar-refractivity contribution in [2.24, 2.45) is 12.0 Å². The second-order valence-corrected chi connectivity index (χ2v) is 5.36. The van der Waals surface area contributed by atoms with Crippen LogP contribution >= 0.6 is 23.2 Å². The molecule has 0 unspecified atom stereocenters. The minimum atomic E-state index is 0.542. The molecule has 0 bridgehead atoms. The Morgan fingerprint density at radius 2 is 1.81 bits per heavy atom. The summed E-state index contributed by atoms with van der Waals surface area (Å²) in [4.78, 5) is 4.20. The Balaban J connectivity index is 1.90. The molecule has 112 valence electrons. The number of benzene rings is 1. The second-order valence-electron chi connectivity index (χ2n) is 4.60. The number of halogens is 2. The Morgan fingerprint density at radius 1 is 1.14 bits per heavy atom. The van der Waals surface area contributed by atoms with Crippen molar-refractivity contribution in [1.82, 2.24) is 15.2 Å². The van der Waals surface area contributed by atoms with E-state index in [9.17, 15) is 0 Å². The molecule has 0 aliphatic heterocycles. The van der Waals surface area contributed by atoms with E-state index in [-0.39, 0.29) is 0 Å². The number of nitrogens with one attached hydrogen (secondary N) is 2. The van der Waals surface area contributed by atoms with E-state index < -0.39 is 0 Å². The van der Waals surface area contributed by atoms with Gasteiger partial charge in [0, 0.05) is 26.3 Å². The van der Waals surface area contributed by atoms with E-state index >= 15 is 0 Å². The fourth-order valence-electron chi connectivity index (χ4n) is 1.94. The molecule has 0 fully saturated rings. The van der Waals surface area contributed by atoms with Gasteiger partial charge in [0.25, 0.3) is 0 Å². The van der Waals surface area contributed by atoms with Crippen LogP contribution in [0.25, 0.3) is 0 Å². The van der Waals surface area contributed by atoms with Crippen LogP contribution in [0.4, 0.5) is 0 Å². The molecule has 4 nitrogen and oxygen atoms in total. The second kappa shape index (κ2) is 7.38. The van der Waals surface area contributed by atoms with Crippen LogP contribution in [0.5, 0.6) is 0 Å². The van der Waals surface area contributed by atoms with Gasteiger partial charge in [0.15, 0.2) is 5.96 Å². The molecule has 0 spiro atoms. The lowest BCUT2D eigenvalue weighted by molar-refractivity contribution is 0.750. The molecule has 2 N–H and O–H groups in total. The minimum Gasteiger partial charge on any atom is -0.352 e. The van der Waals surface area contributed by atoms with Crippen LogP contribution in [0.1, 0.15) is 11.3 Å².